The molecule has 8 N–H and O–H groups in total. The maximum absolute atomic E-state index is 12.7. The van der Waals surface area contributed by atoms with Crippen LogP contribution in [0.3, 0.4) is 0 Å². The van der Waals surface area contributed by atoms with E-state index in [9.17, 15) is 22.8 Å². The maximum Gasteiger partial charge on any atom is 0.242 e. The van der Waals surface area contributed by atoms with Crippen molar-refractivity contribution in [2.24, 2.45) is 17.4 Å². The number of nitrogens with one attached hydrogen (secondary N) is 4. The number of sulfonamides is 1. The van der Waals surface area contributed by atoms with Crippen molar-refractivity contribution in [2.75, 3.05) is 5.75 Å². The van der Waals surface area contributed by atoms with Crippen LogP contribution in [0.4, 0.5) is 0 Å². The van der Waals surface area contributed by atoms with Gasteiger partial charge >= 0.3 is 0 Å². The molecule has 11 nitrogen and oxygen atoms in total. The van der Waals surface area contributed by atoms with E-state index in [-0.39, 0.29) is 36.9 Å². The maximum atomic E-state index is 12.7. The highest BCUT2D eigenvalue weighted by molar-refractivity contribution is 7.89. The van der Waals surface area contributed by atoms with Crippen LogP contribution in [0.1, 0.15) is 44.7 Å². The summed E-state index contributed by atoms with van der Waals surface area (Å²) in [5.74, 6) is -2.51. The number of nitrogen functional groups attached to an aromatic ring is 1. The molecule has 0 saturated carbocycles. The number of hydrogen-bond acceptors (Lipinski definition) is 6. The molecule has 0 aromatic heterocycles. The highest BCUT2D eigenvalue weighted by atomic mass is 32.2. The van der Waals surface area contributed by atoms with Gasteiger partial charge in [0.05, 0.1) is 5.75 Å². The van der Waals surface area contributed by atoms with Crippen LogP contribution in [-0.2, 0) is 31.0 Å². The molecule has 0 spiro atoms. The van der Waals surface area contributed by atoms with Gasteiger partial charge < -0.3 is 22.1 Å². The largest absolute Gasteiger partial charge is 0.384 e. The van der Waals surface area contributed by atoms with Crippen molar-refractivity contribution in [3.8, 4) is 0 Å². The average Bonchev–Trinajstić information content (AvgIpc) is 2.73. The predicted molar refractivity (Wildman–Crippen MR) is 121 cm³/mol. The summed E-state index contributed by atoms with van der Waals surface area (Å²) in [5, 5.41) is 12.6. The van der Waals surface area contributed by atoms with Crippen molar-refractivity contribution in [3.63, 3.8) is 0 Å². The molecule has 1 rings (SSSR count). The summed E-state index contributed by atoms with van der Waals surface area (Å²) in [5.41, 5.74) is 11.9. The van der Waals surface area contributed by atoms with E-state index in [2.05, 4.69) is 15.4 Å². The zero-order valence-electron chi connectivity index (χ0n) is 18.5. The monoisotopic (exact) mass is 468 g/mol. The first-order valence-corrected chi connectivity index (χ1v) is 11.8. The van der Waals surface area contributed by atoms with Crippen LogP contribution in [0.15, 0.2) is 24.3 Å². The molecule has 0 aliphatic heterocycles. The lowest BCUT2D eigenvalue weighted by molar-refractivity contribution is -0.131. The molecule has 178 valence electrons. The molecule has 3 amide bonds. The van der Waals surface area contributed by atoms with E-state index in [0.29, 0.717) is 5.56 Å². The quantitative estimate of drug-likeness (QED) is 0.163. The lowest BCUT2D eigenvalue weighted by Crippen LogP contribution is -2.55. The zero-order valence-corrected chi connectivity index (χ0v) is 19.3. The lowest BCUT2D eigenvalue weighted by atomic mass is 10.0. The van der Waals surface area contributed by atoms with E-state index >= 15 is 0 Å². The fraction of sp³-hybridized carbons (Fsp3) is 0.500. The highest BCUT2D eigenvalue weighted by Crippen LogP contribution is 2.08. The molecule has 0 aliphatic rings. The number of amides is 3. The fourth-order valence-electron chi connectivity index (χ4n) is 2.70. The minimum absolute atomic E-state index is 0.0402. The Balaban J connectivity index is 2.90. The van der Waals surface area contributed by atoms with E-state index in [0.717, 1.165) is 5.56 Å². The lowest BCUT2D eigenvalue weighted by Gasteiger charge is -2.25. The molecule has 2 atom stereocenters. The van der Waals surface area contributed by atoms with Crippen LogP contribution >= 0.6 is 0 Å². The third-order valence-electron chi connectivity index (χ3n) is 4.68. The first kappa shape index (κ1) is 27.0. The molecule has 0 saturated heterocycles. The van der Waals surface area contributed by atoms with Crippen LogP contribution in [0.25, 0.3) is 0 Å². The van der Waals surface area contributed by atoms with Gasteiger partial charge in [0.1, 0.15) is 17.9 Å². The van der Waals surface area contributed by atoms with Crippen LogP contribution in [0, 0.1) is 11.3 Å². The third-order valence-corrected chi connectivity index (χ3v) is 6.05. The number of hydrogen-bond donors (Lipinski definition) is 6. The van der Waals surface area contributed by atoms with Gasteiger partial charge in [-0.2, -0.15) is 0 Å². The summed E-state index contributed by atoms with van der Waals surface area (Å²) in [7, 11) is -3.66. The zero-order chi connectivity index (χ0) is 24.5. The summed E-state index contributed by atoms with van der Waals surface area (Å²) in [6.07, 6.45) is -0.180. The Hall–Kier alpha value is -2.99. The molecule has 0 fully saturated rings. The van der Waals surface area contributed by atoms with Crippen molar-refractivity contribution >= 4 is 33.6 Å². The van der Waals surface area contributed by atoms with Crippen molar-refractivity contribution in [2.45, 2.75) is 52.2 Å². The van der Waals surface area contributed by atoms with E-state index in [1.54, 1.807) is 38.1 Å². The number of carbonyl (C=O) groups excluding carboxylic acids is 3. The van der Waals surface area contributed by atoms with Crippen molar-refractivity contribution in [1.29, 1.82) is 5.41 Å². The number of amidine groups is 1. The summed E-state index contributed by atoms with van der Waals surface area (Å²) < 4.78 is 26.2. The number of primary amides is 1. The number of carbonyl (C=O) groups is 3. The standard InChI is InChI=1S/C20H32N6O5S/c1-4-32(30,31)26-17(12(2)3)20(29)25-15(9-10-16(21)27)19(28)24-11-13-5-7-14(8-6-13)18(22)23/h5-8,12,15,17,26H,4,9-11H2,1-3H3,(H2,21,27)(H3,22,23)(H,24,28)(H,25,29). The van der Waals surface area contributed by atoms with E-state index in [4.69, 9.17) is 16.9 Å². The van der Waals surface area contributed by atoms with Gasteiger partial charge in [0.2, 0.25) is 27.7 Å². The summed E-state index contributed by atoms with van der Waals surface area (Å²) >= 11 is 0. The molecule has 0 bridgehead atoms. The van der Waals surface area contributed by atoms with E-state index < -0.39 is 39.8 Å². The van der Waals surface area contributed by atoms with Gasteiger partial charge in [-0.1, -0.05) is 38.1 Å². The molecule has 32 heavy (non-hydrogen) atoms. The summed E-state index contributed by atoms with van der Waals surface area (Å²) in [4.78, 5) is 36.7. The summed E-state index contributed by atoms with van der Waals surface area (Å²) in [6.45, 7) is 4.93. The Morgan fingerprint density at radius 3 is 2.12 bits per heavy atom. The van der Waals surface area contributed by atoms with Gasteiger partial charge in [-0.3, -0.25) is 19.8 Å². The Morgan fingerprint density at radius 2 is 1.66 bits per heavy atom. The molecule has 0 radical (unpaired) electrons. The highest BCUT2D eigenvalue weighted by Gasteiger charge is 2.30. The normalized spacial score (nSPS) is 13.2. The molecule has 2 unspecified atom stereocenters. The first-order valence-electron chi connectivity index (χ1n) is 10.2. The van der Waals surface area contributed by atoms with Crippen LogP contribution in [-0.4, -0.2) is 49.8 Å². The second kappa shape index (κ2) is 12.2. The topological polar surface area (TPSA) is 197 Å². The Labute approximate surface area is 188 Å². The van der Waals surface area contributed by atoms with Crippen molar-refractivity contribution in [3.05, 3.63) is 35.4 Å². The molecule has 1 aromatic rings. The Bertz CT molecular complexity index is 930. The van der Waals surface area contributed by atoms with E-state index in [1.807, 2.05) is 0 Å². The summed E-state index contributed by atoms with van der Waals surface area (Å²) in [6, 6.07) is 4.51. The molecule has 0 heterocycles. The number of nitrogens with two attached hydrogens (primary N) is 2. The number of benzene rings is 1. The SMILES string of the molecule is CCS(=O)(=O)NC(C(=O)NC(CCC(N)=O)C(=O)NCc1ccc(C(=N)N)cc1)C(C)C. The molecular formula is C20H32N6O5S. The predicted octanol–water partition coefficient (Wildman–Crippen LogP) is -0.699. The third kappa shape index (κ3) is 9.02. The van der Waals surface area contributed by atoms with Crippen LogP contribution in [0.2, 0.25) is 0 Å². The smallest absolute Gasteiger partial charge is 0.242 e. The van der Waals surface area contributed by atoms with Crippen molar-refractivity contribution < 1.29 is 22.8 Å². The number of rotatable bonds is 13. The Morgan fingerprint density at radius 1 is 1.06 bits per heavy atom. The first-order chi connectivity index (χ1) is 14.9. The molecule has 1 aromatic carbocycles. The van der Waals surface area contributed by atoms with Crippen LogP contribution < -0.4 is 26.8 Å². The fourth-order valence-corrected chi connectivity index (χ4v) is 3.63. The molecular weight excluding hydrogens is 436 g/mol. The van der Waals surface area contributed by atoms with Gasteiger partial charge in [0, 0.05) is 18.5 Å². The second-order valence-electron chi connectivity index (χ2n) is 7.64. The molecule has 0 aliphatic carbocycles. The average molecular weight is 469 g/mol. The van der Waals surface area contributed by atoms with Gasteiger partial charge in [-0.25, -0.2) is 13.1 Å². The van der Waals surface area contributed by atoms with Gasteiger partial charge in [-0.05, 0) is 24.8 Å². The second-order valence-corrected chi connectivity index (χ2v) is 9.68. The van der Waals surface area contributed by atoms with Crippen molar-refractivity contribution in [1.82, 2.24) is 15.4 Å². The molecule has 12 heteroatoms. The van der Waals surface area contributed by atoms with Gasteiger partial charge in [0.15, 0.2) is 0 Å². The van der Waals surface area contributed by atoms with Gasteiger partial charge in [0.25, 0.3) is 0 Å². The van der Waals surface area contributed by atoms with Gasteiger partial charge in [-0.15, -0.1) is 0 Å². The Kier molecular flexibility index (Phi) is 10.3. The van der Waals surface area contributed by atoms with Crippen LogP contribution in [0.5, 0.6) is 0 Å². The van der Waals surface area contributed by atoms with E-state index in [1.165, 1.54) is 6.92 Å². The minimum Gasteiger partial charge on any atom is -0.384 e. The minimum atomic E-state index is -3.66.